The molecule has 192 valence electrons. The molecular formula is C25H32I2N8O. The molecule has 0 unspecified atom stereocenters. The van der Waals surface area contributed by atoms with Crippen molar-refractivity contribution < 1.29 is 5.11 Å². The van der Waals surface area contributed by atoms with E-state index >= 15 is 0 Å². The minimum absolute atomic E-state index is 0.0406. The van der Waals surface area contributed by atoms with Crippen molar-refractivity contribution in [2.75, 3.05) is 0 Å². The van der Waals surface area contributed by atoms with Crippen molar-refractivity contribution in [1.29, 1.82) is 5.41 Å². The summed E-state index contributed by atoms with van der Waals surface area (Å²) in [5.74, 6) is 0.719. The Labute approximate surface area is 239 Å². The van der Waals surface area contributed by atoms with E-state index in [0.29, 0.717) is 25.5 Å². The number of guanidine groups is 1. The van der Waals surface area contributed by atoms with Gasteiger partial charge in [0.15, 0.2) is 5.96 Å². The van der Waals surface area contributed by atoms with E-state index in [-0.39, 0.29) is 24.0 Å². The molecular weight excluding hydrogens is 682 g/mol. The summed E-state index contributed by atoms with van der Waals surface area (Å²) >= 11 is 4.52. The Morgan fingerprint density at radius 2 is 1.25 bits per heavy atom. The van der Waals surface area contributed by atoms with E-state index in [1.165, 1.54) is 12.7 Å². The minimum Gasteiger partial charge on any atom is -0.508 e. The van der Waals surface area contributed by atoms with Crippen LogP contribution in [-0.4, -0.2) is 22.7 Å². The molecule has 0 saturated carbocycles. The van der Waals surface area contributed by atoms with Crippen LogP contribution in [0.2, 0.25) is 0 Å². The quantitative estimate of drug-likeness (QED) is 0.111. The van der Waals surface area contributed by atoms with Crippen molar-refractivity contribution in [3.8, 4) is 5.75 Å². The molecule has 0 aromatic heterocycles. The Hall–Kier alpha value is -2.91. The average molecular weight is 714 g/mol. The van der Waals surface area contributed by atoms with Crippen molar-refractivity contribution in [2.45, 2.75) is 26.1 Å². The van der Waals surface area contributed by atoms with E-state index in [9.17, 15) is 0 Å². The number of benzene rings is 3. The number of hydrogen-bond donors (Lipinski definition) is 7. The second-order valence-electron chi connectivity index (χ2n) is 7.38. The third-order valence-electron chi connectivity index (χ3n) is 4.20. The normalized spacial score (nSPS) is 10.2. The van der Waals surface area contributed by atoms with Crippen LogP contribution in [0.3, 0.4) is 0 Å². The Bertz CT molecular complexity index is 1160. The maximum atomic E-state index is 9.07. The molecule has 3 rings (SSSR count). The van der Waals surface area contributed by atoms with Crippen LogP contribution >= 0.6 is 45.2 Å². The number of nitrogens with one attached hydrogen (secondary N) is 1. The summed E-state index contributed by atoms with van der Waals surface area (Å²) in [4.78, 5) is 7.94. The number of nitrogens with two attached hydrogens (primary N) is 5. The first kappa shape index (κ1) is 31.1. The van der Waals surface area contributed by atoms with E-state index in [0.717, 1.165) is 11.1 Å². The Morgan fingerprint density at radius 1 is 0.750 bits per heavy atom. The van der Waals surface area contributed by atoms with Gasteiger partial charge < -0.3 is 33.8 Å². The number of aliphatic imine (C=N–C) groups is 2. The summed E-state index contributed by atoms with van der Waals surface area (Å²) in [5.41, 5.74) is 29.7. The van der Waals surface area contributed by atoms with Crippen LogP contribution in [0.25, 0.3) is 0 Å². The number of aromatic hydroxyl groups is 1. The van der Waals surface area contributed by atoms with Gasteiger partial charge in [-0.05, 0) is 98.3 Å². The summed E-state index contributed by atoms with van der Waals surface area (Å²) in [6.07, 6.45) is 0.240. The number of nitrogens with zero attached hydrogens (tertiary/aromatic N) is 2. The zero-order valence-corrected chi connectivity index (χ0v) is 24.1. The number of hydrogen-bond acceptors (Lipinski definition) is 5. The molecule has 0 aliphatic heterocycles. The second-order valence-corrected chi connectivity index (χ2v) is 9.88. The fourth-order valence-corrected chi connectivity index (χ4v) is 3.80. The molecule has 3 aromatic rings. The molecule has 0 spiro atoms. The van der Waals surface area contributed by atoms with Gasteiger partial charge in [0.05, 0.1) is 25.3 Å². The molecule has 0 aliphatic carbocycles. The lowest BCUT2D eigenvalue weighted by Gasteiger charge is -2.00. The van der Waals surface area contributed by atoms with Gasteiger partial charge in [-0.25, -0.2) is 4.99 Å². The highest BCUT2D eigenvalue weighted by Crippen LogP contribution is 2.11. The van der Waals surface area contributed by atoms with Crippen molar-refractivity contribution in [3.63, 3.8) is 0 Å². The molecule has 11 heteroatoms. The SMILES string of the molecule is N=C(N)CC(N)=NCc1cccc(I)c1.NC(N)=NCc1cccc(O)c1.NCc1cccc(I)c1. The topological polar surface area (TPSA) is 199 Å². The van der Waals surface area contributed by atoms with Crippen LogP contribution in [0.15, 0.2) is 82.8 Å². The van der Waals surface area contributed by atoms with Gasteiger partial charge >= 0.3 is 0 Å². The smallest absolute Gasteiger partial charge is 0.186 e. The first-order chi connectivity index (χ1) is 17.1. The largest absolute Gasteiger partial charge is 0.508 e. The van der Waals surface area contributed by atoms with E-state index in [1.807, 2.05) is 42.5 Å². The molecule has 36 heavy (non-hydrogen) atoms. The zero-order valence-electron chi connectivity index (χ0n) is 19.7. The molecule has 0 atom stereocenters. The molecule has 0 bridgehead atoms. The summed E-state index contributed by atoms with van der Waals surface area (Å²) in [6.45, 7) is 1.57. The van der Waals surface area contributed by atoms with Crippen LogP contribution in [0, 0.1) is 12.5 Å². The van der Waals surface area contributed by atoms with Crippen molar-refractivity contribution >= 4 is 62.8 Å². The number of rotatable bonds is 7. The summed E-state index contributed by atoms with van der Waals surface area (Å²) in [5, 5.41) is 16.1. The number of phenolic OH excluding ortho intramolecular Hbond substituents is 1. The number of phenols is 1. The molecule has 3 aromatic carbocycles. The monoisotopic (exact) mass is 714 g/mol. The predicted octanol–water partition coefficient (Wildman–Crippen LogP) is 3.39. The fraction of sp³-hybridized carbons (Fsp3) is 0.160. The molecule has 0 amide bonds. The lowest BCUT2D eigenvalue weighted by Crippen LogP contribution is -2.22. The molecule has 9 nitrogen and oxygen atoms in total. The van der Waals surface area contributed by atoms with E-state index in [4.69, 9.17) is 39.2 Å². The third-order valence-corrected chi connectivity index (χ3v) is 5.55. The minimum atomic E-state index is 0.0406. The molecule has 0 radical (unpaired) electrons. The van der Waals surface area contributed by atoms with Gasteiger partial charge in [-0.2, -0.15) is 0 Å². The van der Waals surface area contributed by atoms with E-state index in [2.05, 4.69) is 67.3 Å². The predicted molar refractivity (Wildman–Crippen MR) is 166 cm³/mol. The lowest BCUT2D eigenvalue weighted by molar-refractivity contribution is 0.474. The van der Waals surface area contributed by atoms with Gasteiger partial charge in [-0.15, -0.1) is 0 Å². The van der Waals surface area contributed by atoms with Crippen LogP contribution < -0.4 is 28.7 Å². The first-order valence-electron chi connectivity index (χ1n) is 10.7. The summed E-state index contributed by atoms with van der Waals surface area (Å²) in [7, 11) is 0. The number of halogens is 2. The van der Waals surface area contributed by atoms with Crippen molar-refractivity contribution in [1.82, 2.24) is 0 Å². The standard InChI is InChI=1S/C10H13IN4.C8H11N3O.C7H8IN/c11-8-3-1-2-7(4-8)6-15-10(14)5-9(12)13;9-8(10)11-5-6-2-1-3-7(12)4-6;8-7-3-1-2-6(4-7)5-9/h1-4H,5-6H2,(H3,12,13)(H2,14,15);1-4,12H,5H2,(H4,9,10,11);1-4H,5,9H2. The van der Waals surface area contributed by atoms with Crippen molar-refractivity contribution in [3.05, 3.63) is 96.6 Å². The highest BCUT2D eigenvalue weighted by atomic mass is 127. The molecule has 12 N–H and O–H groups in total. The van der Waals surface area contributed by atoms with Crippen LogP contribution in [-0.2, 0) is 19.6 Å². The Morgan fingerprint density at radius 3 is 1.72 bits per heavy atom. The first-order valence-corrected chi connectivity index (χ1v) is 12.9. The molecule has 0 heterocycles. The summed E-state index contributed by atoms with van der Waals surface area (Å²) < 4.78 is 2.42. The van der Waals surface area contributed by atoms with Crippen LogP contribution in [0.5, 0.6) is 5.75 Å². The highest BCUT2D eigenvalue weighted by Gasteiger charge is 1.96. The zero-order chi connectivity index (χ0) is 26.9. The van der Waals surface area contributed by atoms with Gasteiger partial charge in [0.2, 0.25) is 0 Å². The molecule has 0 fully saturated rings. The van der Waals surface area contributed by atoms with Gasteiger partial charge in [0.1, 0.15) is 11.6 Å². The van der Waals surface area contributed by atoms with Crippen molar-refractivity contribution in [2.24, 2.45) is 38.7 Å². The fourth-order valence-electron chi connectivity index (χ4n) is 2.58. The second kappa shape index (κ2) is 17.5. The maximum absolute atomic E-state index is 9.07. The highest BCUT2D eigenvalue weighted by molar-refractivity contribution is 14.1. The van der Waals surface area contributed by atoms with Gasteiger partial charge in [0.25, 0.3) is 0 Å². The third kappa shape index (κ3) is 15.2. The molecule has 0 saturated heterocycles. The van der Waals surface area contributed by atoms with Gasteiger partial charge in [-0.1, -0.05) is 36.4 Å². The van der Waals surface area contributed by atoms with Gasteiger partial charge in [0, 0.05) is 13.7 Å². The molecule has 0 aliphatic rings. The van der Waals surface area contributed by atoms with Crippen LogP contribution in [0.1, 0.15) is 23.1 Å². The Balaban J connectivity index is 0.000000279. The summed E-state index contributed by atoms with van der Waals surface area (Å²) in [6, 6.07) is 23.0. The van der Waals surface area contributed by atoms with E-state index in [1.54, 1.807) is 18.2 Å². The number of amidine groups is 2. The Kier molecular flexibility index (Phi) is 15.1. The maximum Gasteiger partial charge on any atom is 0.186 e. The van der Waals surface area contributed by atoms with Crippen LogP contribution in [0.4, 0.5) is 0 Å². The lowest BCUT2D eigenvalue weighted by atomic mass is 10.2. The van der Waals surface area contributed by atoms with Gasteiger partial charge in [-0.3, -0.25) is 10.4 Å². The average Bonchev–Trinajstić information content (AvgIpc) is 2.82. The van der Waals surface area contributed by atoms with E-state index < -0.39 is 0 Å².